The number of anilines is 3. The van der Waals surface area contributed by atoms with Crippen molar-refractivity contribution in [3.8, 4) is 11.3 Å². The maximum atomic E-state index is 15.3. The molecule has 3 aromatic heterocycles. The van der Waals surface area contributed by atoms with Gasteiger partial charge in [0.25, 0.3) is 11.8 Å². The van der Waals surface area contributed by atoms with E-state index >= 15 is 8.78 Å². The van der Waals surface area contributed by atoms with Gasteiger partial charge in [-0.15, -0.1) is 0 Å². The van der Waals surface area contributed by atoms with Crippen molar-refractivity contribution in [1.82, 2.24) is 44.9 Å². The van der Waals surface area contributed by atoms with E-state index in [1.54, 1.807) is 37.3 Å². The molecule has 6 heterocycles. The van der Waals surface area contributed by atoms with Gasteiger partial charge in [-0.05, 0) is 83.5 Å². The number of ether oxygens (including phenoxy) is 2. The van der Waals surface area contributed by atoms with Crippen molar-refractivity contribution in [2.24, 2.45) is 5.92 Å². The Morgan fingerprint density at radius 2 is 1.69 bits per heavy atom. The molecule has 8 rings (SSSR count). The number of nitrogens with one attached hydrogen (secondary N) is 4. The number of imide groups is 2. The molecule has 0 radical (unpaired) electrons. The minimum atomic E-state index is -1.14. The lowest BCUT2D eigenvalue weighted by Gasteiger charge is -2.35. The molecule has 21 nitrogen and oxygen atoms in total. The first-order valence-corrected chi connectivity index (χ1v) is 23.6. The second-order valence-electron chi connectivity index (χ2n) is 17.9. The Balaban J connectivity index is 0.809. The van der Waals surface area contributed by atoms with E-state index in [2.05, 4.69) is 41.2 Å². The number of carbonyl (C=O) groups excluding carboxylic acids is 6. The smallest absolute Gasteiger partial charge is 0.306 e. The van der Waals surface area contributed by atoms with Crippen molar-refractivity contribution < 1.29 is 56.9 Å². The number of carbonyl (C=O) groups is 7. The van der Waals surface area contributed by atoms with Crippen LogP contribution in [0.3, 0.4) is 0 Å². The summed E-state index contributed by atoms with van der Waals surface area (Å²) in [4.78, 5) is 108. The van der Waals surface area contributed by atoms with Crippen LogP contribution in [0.15, 0.2) is 54.9 Å². The van der Waals surface area contributed by atoms with Gasteiger partial charge in [-0.2, -0.15) is 0 Å². The minimum Gasteiger partial charge on any atom is -0.481 e. The van der Waals surface area contributed by atoms with Crippen LogP contribution in [0.25, 0.3) is 22.3 Å². The first-order chi connectivity index (χ1) is 34.6. The summed E-state index contributed by atoms with van der Waals surface area (Å²) in [6, 6.07) is 9.79. The quantitative estimate of drug-likeness (QED) is 0.0405. The number of aliphatic carboxylic acids is 1. The fraction of sp³-hybridized carbons (Fsp3) is 0.408. The summed E-state index contributed by atoms with van der Waals surface area (Å²) in [6.07, 6.45) is 2.11. The third kappa shape index (κ3) is 11.4. The highest BCUT2D eigenvalue weighted by atomic mass is 19.1. The lowest BCUT2D eigenvalue weighted by molar-refractivity contribution is -0.156. The number of hydrogen-bond donors (Lipinski definition) is 5. The number of rotatable bonds is 20. The third-order valence-corrected chi connectivity index (χ3v) is 12.6. The molecule has 5 N–H and O–H groups in total. The maximum Gasteiger partial charge on any atom is 0.306 e. The van der Waals surface area contributed by atoms with E-state index < -0.39 is 65.8 Å². The molecule has 378 valence electrons. The summed E-state index contributed by atoms with van der Waals surface area (Å²) in [5, 5.41) is 20.2. The molecule has 3 aliphatic rings. The lowest BCUT2D eigenvalue weighted by Crippen LogP contribution is -2.54. The maximum absolute atomic E-state index is 15.3. The lowest BCUT2D eigenvalue weighted by atomic mass is 9.87. The number of esters is 1. The molecule has 2 saturated heterocycles. The van der Waals surface area contributed by atoms with Crippen molar-refractivity contribution in [2.45, 2.75) is 77.5 Å². The van der Waals surface area contributed by atoms with E-state index in [1.165, 1.54) is 18.3 Å². The normalized spacial score (nSPS) is 16.8. The van der Waals surface area contributed by atoms with Crippen LogP contribution in [0.1, 0.15) is 96.6 Å². The summed E-state index contributed by atoms with van der Waals surface area (Å²) in [5.41, 5.74) is 1.97. The number of likely N-dealkylation sites (tertiary alicyclic amines) is 1. The van der Waals surface area contributed by atoms with Gasteiger partial charge in [0.2, 0.25) is 23.7 Å². The van der Waals surface area contributed by atoms with E-state index in [0.717, 1.165) is 11.1 Å². The second-order valence-corrected chi connectivity index (χ2v) is 17.9. The molecule has 2 atom stereocenters. The fourth-order valence-electron chi connectivity index (χ4n) is 9.25. The molecule has 0 spiro atoms. The van der Waals surface area contributed by atoms with Crippen LogP contribution >= 0.6 is 0 Å². The molecule has 2 fully saturated rings. The number of aryl methyl sites for hydroxylation is 1. The topological polar surface area (TPSA) is 269 Å². The van der Waals surface area contributed by atoms with Crippen LogP contribution in [0.4, 0.5) is 26.2 Å². The largest absolute Gasteiger partial charge is 0.481 e. The first-order valence-electron chi connectivity index (χ1n) is 23.6. The van der Waals surface area contributed by atoms with Crippen LogP contribution in [-0.2, 0) is 33.4 Å². The Labute approximate surface area is 411 Å². The second kappa shape index (κ2) is 22.1. The van der Waals surface area contributed by atoms with Gasteiger partial charge in [-0.3, -0.25) is 48.7 Å². The Morgan fingerprint density at radius 1 is 0.917 bits per heavy atom. The van der Waals surface area contributed by atoms with Gasteiger partial charge in [-0.25, -0.2) is 28.7 Å². The van der Waals surface area contributed by atoms with Gasteiger partial charge in [0.1, 0.15) is 35.0 Å². The number of benzene rings is 2. The van der Waals surface area contributed by atoms with Gasteiger partial charge in [0, 0.05) is 54.5 Å². The summed E-state index contributed by atoms with van der Waals surface area (Å²) in [5.74, 6) is -5.12. The zero-order chi connectivity index (χ0) is 51.2. The number of nitrogens with zero attached hydrogens (tertiary/aromatic N) is 7. The van der Waals surface area contributed by atoms with Crippen molar-refractivity contribution in [3.05, 3.63) is 89.0 Å². The van der Waals surface area contributed by atoms with Gasteiger partial charge in [-0.1, -0.05) is 12.1 Å². The van der Waals surface area contributed by atoms with Crippen LogP contribution < -0.4 is 21.3 Å². The Bertz CT molecular complexity index is 2920. The summed E-state index contributed by atoms with van der Waals surface area (Å²) >= 11 is 0. The van der Waals surface area contributed by atoms with Crippen molar-refractivity contribution in [2.75, 3.05) is 56.6 Å². The Morgan fingerprint density at radius 3 is 2.42 bits per heavy atom. The van der Waals surface area contributed by atoms with Crippen LogP contribution in [-0.4, -0.2) is 133 Å². The highest BCUT2D eigenvalue weighted by Crippen LogP contribution is 2.36. The third-order valence-electron chi connectivity index (χ3n) is 12.6. The number of imidazole rings is 1. The SMILES string of the molecule is Cc1nc2c(F)cc(-c3nc(Nc4ccc([C@H](OC(=O)CCC(=O)O)C5CCN(CC(=O)NCCOCCNc6cccc7c6C(=O)N(C6CCC(=O)NC6=O)C7=O)CC5)cn4)ncc3F)cc2n1C(C)C. The van der Waals surface area contributed by atoms with Crippen molar-refractivity contribution in [3.63, 3.8) is 0 Å². The molecule has 0 saturated carbocycles. The number of carboxylic acids is 1. The number of pyridine rings is 1. The van der Waals surface area contributed by atoms with Gasteiger partial charge in [0.05, 0.1) is 55.4 Å². The molecule has 0 bridgehead atoms. The van der Waals surface area contributed by atoms with E-state index in [9.17, 15) is 38.7 Å². The molecule has 3 aliphatic heterocycles. The fourth-order valence-corrected chi connectivity index (χ4v) is 9.25. The molecular formula is C49H53F2N11O10. The number of amides is 5. The molecule has 1 unspecified atom stereocenters. The molecule has 23 heteroatoms. The summed E-state index contributed by atoms with van der Waals surface area (Å²) in [6.45, 7) is 7.67. The number of fused-ring (bicyclic) bond motifs is 2. The average molecular weight is 994 g/mol. The van der Waals surface area contributed by atoms with Crippen LogP contribution in [0, 0.1) is 24.5 Å². The number of halogens is 2. The predicted molar refractivity (Wildman–Crippen MR) is 254 cm³/mol. The van der Waals surface area contributed by atoms with E-state index in [1.807, 2.05) is 23.3 Å². The monoisotopic (exact) mass is 993 g/mol. The first kappa shape index (κ1) is 50.6. The minimum absolute atomic E-state index is 0.0101. The predicted octanol–water partition coefficient (Wildman–Crippen LogP) is 4.61. The van der Waals surface area contributed by atoms with E-state index in [-0.39, 0.29) is 110 Å². The summed E-state index contributed by atoms with van der Waals surface area (Å²) < 4.78 is 43.9. The molecule has 0 aliphatic carbocycles. The molecular weight excluding hydrogens is 941 g/mol. The standard InChI is InChI=1S/C49H53F2N11O10/c1-26(2)61-27(3)56-44-32(50)21-30(22-36(44)61)43-33(51)24-55-49(59-43)57-37-9-7-29(23-54-37)45(72-41(67)12-11-40(65)66)28-13-17-60(18-14-28)25-39(64)53-16-20-71-19-15-52-34-6-4-5-31-42(34)48(70)62(47(31)69)35-8-10-38(63)58-46(35)68/h4-7,9,21-24,26,28,35,45,52H,8,10-20,25H2,1-3H3,(H,53,64)(H,65,66)(H,58,63,68)(H,54,55,57,59)/t35?,45-/m1/s1. The Hall–Kier alpha value is -7.79. The molecule has 5 aromatic rings. The van der Waals surface area contributed by atoms with Crippen molar-refractivity contribution >= 4 is 70.0 Å². The number of hydrogen-bond acceptors (Lipinski definition) is 16. The highest BCUT2D eigenvalue weighted by molar-refractivity contribution is 6.25. The molecule has 5 amide bonds. The Kier molecular flexibility index (Phi) is 15.5. The average Bonchev–Trinajstić information content (AvgIpc) is 3.83. The number of carboxylic acid groups (broad SMARTS) is 1. The highest BCUT2D eigenvalue weighted by Gasteiger charge is 2.45. The van der Waals surface area contributed by atoms with Crippen molar-refractivity contribution in [1.29, 1.82) is 0 Å². The summed E-state index contributed by atoms with van der Waals surface area (Å²) in [7, 11) is 0. The van der Waals surface area contributed by atoms with Crippen LogP contribution in [0.5, 0.6) is 0 Å². The number of piperidine rings is 2. The zero-order valence-electron chi connectivity index (χ0n) is 39.7. The number of aromatic nitrogens is 5. The van der Waals surface area contributed by atoms with Gasteiger partial charge >= 0.3 is 11.9 Å². The zero-order valence-corrected chi connectivity index (χ0v) is 39.7. The van der Waals surface area contributed by atoms with E-state index in [0.29, 0.717) is 48.5 Å². The van der Waals surface area contributed by atoms with E-state index in [4.69, 9.17) is 9.47 Å². The van der Waals surface area contributed by atoms with Crippen LogP contribution in [0.2, 0.25) is 0 Å². The van der Waals surface area contributed by atoms with Gasteiger partial charge in [0.15, 0.2) is 11.6 Å². The van der Waals surface area contributed by atoms with Gasteiger partial charge < -0.3 is 35.1 Å². The molecule has 2 aromatic carbocycles. The molecule has 72 heavy (non-hydrogen) atoms.